The van der Waals surface area contributed by atoms with Crippen molar-refractivity contribution in [3.63, 3.8) is 0 Å². The van der Waals surface area contributed by atoms with Crippen LogP contribution in [0.1, 0.15) is 19.4 Å². The fourth-order valence-corrected chi connectivity index (χ4v) is 3.33. The van der Waals surface area contributed by atoms with Crippen LogP contribution >= 0.6 is 24.0 Å². The maximum absolute atomic E-state index is 12.4. The molecule has 1 N–H and O–H groups in total. The summed E-state index contributed by atoms with van der Waals surface area (Å²) in [6.07, 6.45) is 1.57. The second-order valence-electron chi connectivity index (χ2n) is 5.21. The smallest absolute Gasteiger partial charge is 0.323 e. The van der Waals surface area contributed by atoms with E-state index in [0.29, 0.717) is 22.0 Å². The average Bonchev–Trinajstić information content (AvgIpc) is 2.75. The van der Waals surface area contributed by atoms with Crippen molar-refractivity contribution in [2.45, 2.75) is 20.0 Å². The van der Waals surface area contributed by atoms with Crippen molar-refractivity contribution in [3.8, 4) is 11.5 Å². The molecule has 0 atom stereocenters. The summed E-state index contributed by atoms with van der Waals surface area (Å²) in [5, 5.41) is 8.88. The zero-order valence-electron chi connectivity index (χ0n) is 13.4. The number of hydrogen-bond acceptors (Lipinski definition) is 6. The van der Waals surface area contributed by atoms with Crippen LogP contribution < -0.4 is 9.47 Å². The molecule has 1 aliphatic rings. The summed E-state index contributed by atoms with van der Waals surface area (Å²) >= 11 is 6.16. The van der Waals surface area contributed by atoms with Gasteiger partial charge in [0.05, 0.1) is 18.1 Å². The highest BCUT2D eigenvalue weighted by Crippen LogP contribution is 2.37. The Morgan fingerprint density at radius 3 is 2.75 bits per heavy atom. The van der Waals surface area contributed by atoms with Crippen molar-refractivity contribution in [1.29, 1.82) is 0 Å². The number of rotatable bonds is 6. The number of benzene rings is 1. The molecule has 1 aliphatic heterocycles. The van der Waals surface area contributed by atoms with Crippen LogP contribution in [0.3, 0.4) is 0 Å². The minimum Gasteiger partial charge on any atom is -0.493 e. The van der Waals surface area contributed by atoms with Gasteiger partial charge in [0.25, 0.3) is 5.91 Å². The van der Waals surface area contributed by atoms with Crippen LogP contribution in [0.15, 0.2) is 23.1 Å². The molecule has 1 heterocycles. The number of nitrogens with zero attached hydrogens (tertiary/aromatic N) is 1. The normalized spacial score (nSPS) is 16.2. The van der Waals surface area contributed by atoms with Crippen molar-refractivity contribution < 1.29 is 24.2 Å². The van der Waals surface area contributed by atoms with Gasteiger partial charge in [-0.15, -0.1) is 0 Å². The average molecular weight is 367 g/mol. The van der Waals surface area contributed by atoms with Crippen LogP contribution in [0.5, 0.6) is 11.5 Å². The fraction of sp³-hybridized carbons (Fsp3) is 0.312. The molecule has 1 aromatic carbocycles. The monoisotopic (exact) mass is 367 g/mol. The summed E-state index contributed by atoms with van der Waals surface area (Å²) in [7, 11) is 1.54. The van der Waals surface area contributed by atoms with Crippen molar-refractivity contribution in [1.82, 2.24) is 4.90 Å². The number of thioether (sulfide) groups is 1. The Morgan fingerprint density at radius 2 is 2.17 bits per heavy atom. The van der Waals surface area contributed by atoms with Gasteiger partial charge in [0.2, 0.25) is 0 Å². The first kappa shape index (κ1) is 18.3. The maximum Gasteiger partial charge on any atom is 0.323 e. The quantitative estimate of drug-likeness (QED) is 0.612. The summed E-state index contributed by atoms with van der Waals surface area (Å²) in [6.45, 7) is 3.33. The van der Waals surface area contributed by atoms with Crippen LogP contribution in [0.25, 0.3) is 6.08 Å². The molecule has 1 saturated heterocycles. The van der Waals surface area contributed by atoms with E-state index in [1.165, 1.54) is 0 Å². The molecule has 0 bridgehead atoms. The van der Waals surface area contributed by atoms with Gasteiger partial charge >= 0.3 is 5.97 Å². The third-order valence-corrected chi connectivity index (χ3v) is 4.41. The predicted molar refractivity (Wildman–Crippen MR) is 96.3 cm³/mol. The van der Waals surface area contributed by atoms with E-state index < -0.39 is 18.4 Å². The molecule has 1 aromatic rings. The molecule has 6 nitrogen and oxygen atoms in total. The lowest BCUT2D eigenvalue weighted by Gasteiger charge is -2.16. The first-order valence-corrected chi connectivity index (χ1v) is 8.36. The van der Waals surface area contributed by atoms with Gasteiger partial charge in [-0.1, -0.05) is 36.1 Å². The number of carbonyl (C=O) groups excluding carboxylic acids is 1. The maximum atomic E-state index is 12.4. The molecule has 2 rings (SSSR count). The van der Waals surface area contributed by atoms with Gasteiger partial charge in [-0.05, 0) is 26.0 Å². The Labute approximate surface area is 149 Å². The number of ether oxygens (including phenoxy) is 2. The number of carboxylic acid groups (broad SMARTS) is 1. The molecule has 1 amide bonds. The van der Waals surface area contributed by atoms with Crippen LogP contribution in [-0.4, -0.2) is 46.0 Å². The number of aliphatic carboxylic acids is 1. The van der Waals surface area contributed by atoms with E-state index >= 15 is 0 Å². The van der Waals surface area contributed by atoms with Crippen LogP contribution in [0.2, 0.25) is 0 Å². The molecule has 8 heteroatoms. The molecule has 128 valence electrons. The largest absolute Gasteiger partial charge is 0.493 e. The molecule has 0 saturated carbocycles. The molecule has 0 aromatic heterocycles. The van der Waals surface area contributed by atoms with Gasteiger partial charge in [0, 0.05) is 5.56 Å². The molecule has 24 heavy (non-hydrogen) atoms. The molecule has 0 radical (unpaired) electrons. The number of amides is 1. The van der Waals surface area contributed by atoms with Crippen molar-refractivity contribution in [3.05, 3.63) is 28.7 Å². The third kappa shape index (κ3) is 4.07. The van der Waals surface area contributed by atoms with E-state index in [1.54, 1.807) is 31.4 Å². The SMILES string of the molecule is COc1cccc(/C=C2/SC(=S)N(CC(=O)O)C2=O)c1OC(C)C. The van der Waals surface area contributed by atoms with Gasteiger partial charge in [-0.3, -0.25) is 14.5 Å². The van der Waals surface area contributed by atoms with Crippen molar-refractivity contribution in [2.24, 2.45) is 0 Å². The molecule has 0 spiro atoms. The molecule has 0 unspecified atom stereocenters. The summed E-state index contributed by atoms with van der Waals surface area (Å²) in [4.78, 5) is 24.6. The standard InChI is InChI=1S/C16H17NO5S2/c1-9(2)22-14-10(5-4-6-11(14)21-3)7-12-15(20)17(8-13(18)19)16(23)24-12/h4-7,9H,8H2,1-3H3,(H,18,19)/b12-7+. The first-order chi connectivity index (χ1) is 11.3. The summed E-state index contributed by atoms with van der Waals surface area (Å²) in [5.41, 5.74) is 0.666. The van der Waals surface area contributed by atoms with E-state index in [4.69, 9.17) is 26.8 Å². The van der Waals surface area contributed by atoms with E-state index in [1.807, 2.05) is 13.8 Å². The fourth-order valence-electron chi connectivity index (χ4n) is 2.08. The number of carboxylic acids is 1. The van der Waals surface area contributed by atoms with Gasteiger partial charge in [0.15, 0.2) is 11.5 Å². The topological polar surface area (TPSA) is 76.1 Å². The minimum atomic E-state index is -1.11. The Bertz CT molecular complexity index is 714. The van der Waals surface area contributed by atoms with Crippen LogP contribution in [0, 0.1) is 0 Å². The molecular formula is C16H17NO5S2. The lowest BCUT2D eigenvalue weighted by molar-refractivity contribution is -0.140. The lowest BCUT2D eigenvalue weighted by Crippen LogP contribution is -2.33. The van der Waals surface area contributed by atoms with Gasteiger partial charge in [0.1, 0.15) is 10.9 Å². The summed E-state index contributed by atoms with van der Waals surface area (Å²) in [5.74, 6) is -0.458. The Hall–Kier alpha value is -2.06. The molecular weight excluding hydrogens is 350 g/mol. The number of hydrogen-bond donors (Lipinski definition) is 1. The Balaban J connectivity index is 2.39. The second kappa shape index (κ2) is 7.67. The van der Waals surface area contributed by atoms with E-state index in [0.717, 1.165) is 16.7 Å². The van der Waals surface area contributed by atoms with Crippen molar-refractivity contribution >= 4 is 46.3 Å². The Kier molecular flexibility index (Phi) is 5.84. The molecule has 1 fully saturated rings. The van der Waals surface area contributed by atoms with Crippen LogP contribution in [-0.2, 0) is 9.59 Å². The van der Waals surface area contributed by atoms with Gasteiger partial charge < -0.3 is 14.6 Å². The number of methoxy groups -OCH3 is 1. The number of thiocarbonyl (C=S) groups is 1. The third-order valence-electron chi connectivity index (χ3n) is 3.04. The summed E-state index contributed by atoms with van der Waals surface area (Å²) in [6, 6.07) is 5.35. The highest BCUT2D eigenvalue weighted by atomic mass is 32.2. The second-order valence-corrected chi connectivity index (χ2v) is 6.88. The zero-order chi connectivity index (χ0) is 17.9. The number of carbonyl (C=O) groups is 2. The van der Waals surface area contributed by atoms with Crippen LogP contribution in [0.4, 0.5) is 0 Å². The van der Waals surface area contributed by atoms with E-state index in [2.05, 4.69) is 0 Å². The molecule has 0 aliphatic carbocycles. The van der Waals surface area contributed by atoms with E-state index in [9.17, 15) is 9.59 Å². The highest BCUT2D eigenvalue weighted by molar-refractivity contribution is 8.26. The predicted octanol–water partition coefficient (Wildman–Crippen LogP) is 2.77. The minimum absolute atomic E-state index is 0.0741. The first-order valence-electron chi connectivity index (χ1n) is 7.14. The Morgan fingerprint density at radius 1 is 1.46 bits per heavy atom. The highest BCUT2D eigenvalue weighted by Gasteiger charge is 2.33. The van der Waals surface area contributed by atoms with E-state index in [-0.39, 0.29) is 10.4 Å². The summed E-state index contributed by atoms with van der Waals surface area (Å²) < 4.78 is 11.3. The van der Waals surface area contributed by atoms with Gasteiger partial charge in [-0.2, -0.15) is 0 Å². The number of para-hydroxylation sites is 1. The van der Waals surface area contributed by atoms with Crippen molar-refractivity contribution in [2.75, 3.05) is 13.7 Å². The lowest BCUT2D eigenvalue weighted by atomic mass is 10.1. The zero-order valence-corrected chi connectivity index (χ0v) is 15.1. The van der Waals surface area contributed by atoms with Gasteiger partial charge in [-0.25, -0.2) is 0 Å².